The number of rotatable bonds is 6. The molecule has 1 unspecified atom stereocenters. The molecule has 3 heteroatoms. The lowest BCUT2D eigenvalue weighted by Crippen LogP contribution is -2.24. The Morgan fingerprint density at radius 3 is 3.17 bits per heavy atom. The fourth-order valence-corrected chi connectivity index (χ4v) is 2.95. The Morgan fingerprint density at radius 2 is 2.39 bits per heavy atom. The van der Waals surface area contributed by atoms with Crippen molar-refractivity contribution in [3.8, 4) is 0 Å². The molecule has 1 N–H and O–H groups in total. The molecule has 98 valence electrons. The Hall–Kier alpha value is -0.640. The molecular formula is C15H20BrNO. The summed E-state index contributed by atoms with van der Waals surface area (Å²) in [6.07, 6.45) is 2.33. The zero-order valence-corrected chi connectivity index (χ0v) is 12.4. The van der Waals surface area contributed by atoms with Gasteiger partial charge < -0.3 is 10.1 Å². The number of benzene rings is 1. The Morgan fingerprint density at radius 1 is 1.56 bits per heavy atom. The minimum Gasteiger partial charge on any atom is -0.376 e. The summed E-state index contributed by atoms with van der Waals surface area (Å²) in [4.78, 5) is 0. The van der Waals surface area contributed by atoms with Gasteiger partial charge in [0, 0.05) is 17.1 Å². The predicted molar refractivity (Wildman–Crippen MR) is 78.8 cm³/mol. The SMILES string of the molecule is C=C(C)COCCNC1CCc2c(Br)cccc21. The highest BCUT2D eigenvalue weighted by Gasteiger charge is 2.22. The zero-order valence-electron chi connectivity index (χ0n) is 10.8. The van der Waals surface area contributed by atoms with Crippen LogP contribution in [-0.4, -0.2) is 19.8 Å². The highest BCUT2D eigenvalue weighted by atomic mass is 79.9. The molecule has 1 aromatic carbocycles. The summed E-state index contributed by atoms with van der Waals surface area (Å²) in [6, 6.07) is 6.93. The summed E-state index contributed by atoms with van der Waals surface area (Å²) in [5.41, 5.74) is 3.97. The zero-order chi connectivity index (χ0) is 13.0. The summed E-state index contributed by atoms with van der Waals surface area (Å²) < 4.78 is 6.73. The van der Waals surface area contributed by atoms with E-state index in [1.54, 1.807) is 0 Å². The van der Waals surface area contributed by atoms with Crippen LogP contribution < -0.4 is 5.32 Å². The van der Waals surface area contributed by atoms with Crippen LogP contribution in [0.5, 0.6) is 0 Å². The fourth-order valence-electron chi connectivity index (χ4n) is 2.37. The van der Waals surface area contributed by atoms with E-state index in [0.717, 1.165) is 25.1 Å². The summed E-state index contributed by atoms with van der Waals surface area (Å²) in [7, 11) is 0. The monoisotopic (exact) mass is 309 g/mol. The molecule has 1 atom stereocenters. The molecule has 0 aliphatic heterocycles. The fraction of sp³-hybridized carbons (Fsp3) is 0.467. The highest BCUT2D eigenvalue weighted by Crippen LogP contribution is 2.35. The standard InChI is InChI=1S/C15H20BrNO/c1-11(2)10-18-9-8-17-15-7-6-12-13(15)4-3-5-14(12)16/h3-5,15,17H,1,6-10H2,2H3. The largest absolute Gasteiger partial charge is 0.376 e. The first-order valence-electron chi connectivity index (χ1n) is 6.41. The van der Waals surface area contributed by atoms with E-state index in [-0.39, 0.29) is 0 Å². The number of fused-ring (bicyclic) bond motifs is 1. The van der Waals surface area contributed by atoms with Crippen molar-refractivity contribution >= 4 is 15.9 Å². The molecule has 0 saturated heterocycles. The van der Waals surface area contributed by atoms with E-state index >= 15 is 0 Å². The van der Waals surface area contributed by atoms with Gasteiger partial charge in [0.25, 0.3) is 0 Å². The third-order valence-corrected chi connectivity index (χ3v) is 3.94. The third kappa shape index (κ3) is 3.44. The van der Waals surface area contributed by atoms with E-state index in [1.807, 2.05) is 6.92 Å². The molecule has 1 aromatic rings. The van der Waals surface area contributed by atoms with Gasteiger partial charge in [0.05, 0.1) is 13.2 Å². The predicted octanol–water partition coefficient (Wildman–Crippen LogP) is 3.62. The van der Waals surface area contributed by atoms with Gasteiger partial charge in [-0.15, -0.1) is 0 Å². The normalized spacial score (nSPS) is 17.8. The lowest BCUT2D eigenvalue weighted by atomic mass is 10.1. The second-order valence-corrected chi connectivity index (χ2v) is 5.72. The summed E-state index contributed by atoms with van der Waals surface area (Å²) in [5, 5.41) is 3.56. The molecule has 18 heavy (non-hydrogen) atoms. The average molecular weight is 310 g/mol. The van der Waals surface area contributed by atoms with Crippen LogP contribution in [0.4, 0.5) is 0 Å². The number of hydrogen-bond donors (Lipinski definition) is 1. The molecule has 2 rings (SSSR count). The average Bonchev–Trinajstić information content (AvgIpc) is 2.73. The number of ether oxygens (including phenoxy) is 1. The molecule has 1 aliphatic carbocycles. The van der Waals surface area contributed by atoms with Crippen LogP contribution in [0.25, 0.3) is 0 Å². The van der Waals surface area contributed by atoms with Gasteiger partial charge in [-0.05, 0) is 37.0 Å². The number of hydrogen-bond acceptors (Lipinski definition) is 2. The van der Waals surface area contributed by atoms with Gasteiger partial charge in [-0.1, -0.05) is 40.2 Å². The van der Waals surface area contributed by atoms with Crippen molar-refractivity contribution in [3.63, 3.8) is 0 Å². The van der Waals surface area contributed by atoms with Gasteiger partial charge in [0.1, 0.15) is 0 Å². The maximum atomic E-state index is 5.50. The molecule has 0 fully saturated rings. The lowest BCUT2D eigenvalue weighted by Gasteiger charge is -2.14. The van der Waals surface area contributed by atoms with Crippen LogP contribution in [0.3, 0.4) is 0 Å². The van der Waals surface area contributed by atoms with Crippen LogP contribution in [0.2, 0.25) is 0 Å². The van der Waals surface area contributed by atoms with Crippen LogP contribution in [-0.2, 0) is 11.2 Å². The van der Waals surface area contributed by atoms with Crippen LogP contribution >= 0.6 is 15.9 Å². The Bertz CT molecular complexity index is 431. The lowest BCUT2D eigenvalue weighted by molar-refractivity contribution is 0.155. The maximum absolute atomic E-state index is 5.50. The van der Waals surface area contributed by atoms with Crippen molar-refractivity contribution in [1.29, 1.82) is 0 Å². The second kappa shape index (κ2) is 6.50. The van der Waals surface area contributed by atoms with Crippen LogP contribution in [0, 0.1) is 0 Å². The number of nitrogens with one attached hydrogen (secondary N) is 1. The third-order valence-electron chi connectivity index (χ3n) is 3.20. The van der Waals surface area contributed by atoms with Crippen molar-refractivity contribution in [1.82, 2.24) is 5.32 Å². The molecule has 2 nitrogen and oxygen atoms in total. The molecule has 0 amide bonds. The van der Waals surface area contributed by atoms with Crippen LogP contribution in [0.15, 0.2) is 34.8 Å². The minimum atomic E-state index is 0.478. The molecule has 0 radical (unpaired) electrons. The molecule has 1 aliphatic rings. The van der Waals surface area contributed by atoms with E-state index in [0.29, 0.717) is 12.6 Å². The van der Waals surface area contributed by atoms with E-state index in [9.17, 15) is 0 Å². The van der Waals surface area contributed by atoms with Crippen molar-refractivity contribution in [2.24, 2.45) is 0 Å². The summed E-state index contributed by atoms with van der Waals surface area (Å²) >= 11 is 3.62. The molecular weight excluding hydrogens is 290 g/mol. The molecule has 0 saturated carbocycles. The van der Waals surface area contributed by atoms with Crippen molar-refractivity contribution < 1.29 is 4.74 Å². The minimum absolute atomic E-state index is 0.478. The Kier molecular flexibility index (Phi) is 4.98. The second-order valence-electron chi connectivity index (χ2n) is 4.86. The van der Waals surface area contributed by atoms with Gasteiger partial charge in [-0.2, -0.15) is 0 Å². The van der Waals surface area contributed by atoms with E-state index in [1.165, 1.54) is 22.0 Å². The van der Waals surface area contributed by atoms with Crippen molar-refractivity contribution in [3.05, 3.63) is 46.0 Å². The quantitative estimate of drug-likeness (QED) is 0.640. The first-order chi connectivity index (χ1) is 8.68. The molecule has 0 spiro atoms. The van der Waals surface area contributed by atoms with Crippen molar-refractivity contribution in [2.45, 2.75) is 25.8 Å². The number of halogens is 1. The molecule has 0 heterocycles. The highest BCUT2D eigenvalue weighted by molar-refractivity contribution is 9.10. The molecule has 0 aromatic heterocycles. The van der Waals surface area contributed by atoms with Crippen LogP contribution in [0.1, 0.15) is 30.5 Å². The van der Waals surface area contributed by atoms with Gasteiger partial charge >= 0.3 is 0 Å². The smallest absolute Gasteiger partial charge is 0.0672 e. The Balaban J connectivity index is 1.80. The first-order valence-corrected chi connectivity index (χ1v) is 7.20. The Labute approximate surface area is 118 Å². The van der Waals surface area contributed by atoms with E-state index < -0.39 is 0 Å². The summed E-state index contributed by atoms with van der Waals surface area (Å²) in [5.74, 6) is 0. The van der Waals surface area contributed by atoms with Gasteiger partial charge in [-0.3, -0.25) is 0 Å². The first kappa shape index (κ1) is 13.8. The van der Waals surface area contributed by atoms with Gasteiger partial charge in [0.15, 0.2) is 0 Å². The van der Waals surface area contributed by atoms with E-state index in [4.69, 9.17) is 4.74 Å². The molecule has 0 bridgehead atoms. The topological polar surface area (TPSA) is 21.3 Å². The summed E-state index contributed by atoms with van der Waals surface area (Å²) in [6.45, 7) is 8.10. The van der Waals surface area contributed by atoms with Gasteiger partial charge in [-0.25, -0.2) is 0 Å². The maximum Gasteiger partial charge on any atom is 0.0672 e. The van der Waals surface area contributed by atoms with Gasteiger partial charge in [0.2, 0.25) is 0 Å². The van der Waals surface area contributed by atoms with E-state index in [2.05, 4.69) is 46.0 Å². The van der Waals surface area contributed by atoms with Crippen molar-refractivity contribution in [2.75, 3.05) is 19.8 Å².